The molecule has 0 amide bonds. The summed E-state index contributed by atoms with van der Waals surface area (Å²) in [5.41, 5.74) is 9.78. The number of nitrogens with zero attached hydrogens (tertiary/aromatic N) is 3. The van der Waals surface area contributed by atoms with Crippen molar-refractivity contribution < 1.29 is 0 Å². The molecule has 0 spiro atoms. The summed E-state index contributed by atoms with van der Waals surface area (Å²) < 4.78 is 7.51. The van der Waals surface area contributed by atoms with E-state index >= 15 is 0 Å². The molecule has 4 heterocycles. The molecule has 12 rings (SSSR count). The van der Waals surface area contributed by atoms with Crippen molar-refractivity contribution in [2.24, 2.45) is 0 Å². The lowest BCUT2D eigenvalue weighted by molar-refractivity contribution is 1.02. The van der Waals surface area contributed by atoms with Gasteiger partial charge in [-0.1, -0.05) is 133 Å². The maximum Gasteiger partial charge on any atom is 0.131 e. The molecule has 0 radical (unpaired) electrons. The topological polar surface area (TPSA) is 14.8 Å². The molecule has 3 aromatic heterocycles. The highest BCUT2D eigenvalue weighted by atomic mass is 32.2. The van der Waals surface area contributed by atoms with Crippen LogP contribution in [-0.2, 0) is 0 Å². The fourth-order valence-corrected chi connectivity index (χ4v) is 9.87. The molecule has 3 nitrogen and oxygen atoms in total. The molecule has 0 unspecified atom stereocenters. The Hall–Kier alpha value is -6.23. The molecule has 232 valence electrons. The molecule has 0 N–H and O–H groups in total. The van der Waals surface area contributed by atoms with Crippen LogP contribution in [0.25, 0.3) is 93.3 Å². The molecule has 1 aliphatic heterocycles. The van der Waals surface area contributed by atoms with Crippen LogP contribution in [-0.4, -0.2) is 13.7 Å². The Balaban J connectivity index is 1.21. The van der Waals surface area contributed by atoms with E-state index in [1.807, 2.05) is 11.8 Å². The van der Waals surface area contributed by atoms with Crippen LogP contribution in [0.5, 0.6) is 0 Å². The number of rotatable bonds is 2. The Morgan fingerprint density at radius 2 is 1.00 bits per heavy atom. The minimum Gasteiger partial charge on any atom is -0.308 e. The van der Waals surface area contributed by atoms with Crippen LogP contribution in [0.4, 0.5) is 0 Å². The van der Waals surface area contributed by atoms with Crippen LogP contribution in [0.1, 0.15) is 0 Å². The number of hydrogen-bond donors (Lipinski definition) is 0. The first kappa shape index (κ1) is 26.7. The van der Waals surface area contributed by atoms with Gasteiger partial charge in [0.05, 0.1) is 27.8 Å². The van der Waals surface area contributed by atoms with Crippen LogP contribution in [0.3, 0.4) is 0 Å². The number of benzene rings is 8. The molecule has 0 saturated heterocycles. The molecule has 8 aromatic carbocycles. The highest BCUT2D eigenvalue weighted by Gasteiger charge is 2.28. The molecular weight excluding hydrogens is 627 g/mol. The van der Waals surface area contributed by atoms with Gasteiger partial charge >= 0.3 is 0 Å². The van der Waals surface area contributed by atoms with Crippen molar-refractivity contribution in [3.8, 4) is 17.1 Å². The summed E-state index contributed by atoms with van der Waals surface area (Å²) in [4.78, 5) is 2.53. The number of fused-ring (bicyclic) bond motifs is 14. The molecule has 0 aliphatic carbocycles. The quantitative estimate of drug-likeness (QED) is 0.181. The van der Waals surface area contributed by atoms with E-state index in [9.17, 15) is 0 Å². The summed E-state index contributed by atoms with van der Waals surface area (Å²) in [6, 6.07) is 60.3. The monoisotopic (exact) mass is 653 g/mol. The average molecular weight is 654 g/mol. The average Bonchev–Trinajstić information content (AvgIpc) is 3.82. The van der Waals surface area contributed by atoms with Gasteiger partial charge in [-0.05, 0) is 53.2 Å². The molecule has 1 aliphatic rings. The maximum atomic E-state index is 2.53. The van der Waals surface area contributed by atoms with Crippen LogP contribution < -0.4 is 0 Å². The molecule has 50 heavy (non-hydrogen) atoms. The first-order chi connectivity index (χ1) is 24.8. The van der Waals surface area contributed by atoms with E-state index < -0.39 is 0 Å². The molecule has 0 saturated carbocycles. The lowest BCUT2D eigenvalue weighted by Gasteiger charge is -2.22. The van der Waals surface area contributed by atoms with Gasteiger partial charge in [0.2, 0.25) is 0 Å². The molecule has 0 atom stereocenters. The number of hydrogen-bond acceptors (Lipinski definition) is 1. The van der Waals surface area contributed by atoms with E-state index in [4.69, 9.17) is 0 Å². The Morgan fingerprint density at radius 1 is 0.360 bits per heavy atom. The summed E-state index contributed by atoms with van der Waals surface area (Å²) in [7, 11) is 0. The van der Waals surface area contributed by atoms with E-state index in [0.717, 1.165) is 0 Å². The molecule has 0 fully saturated rings. The lowest BCUT2D eigenvalue weighted by Crippen LogP contribution is -2.06. The van der Waals surface area contributed by atoms with Gasteiger partial charge in [0.15, 0.2) is 0 Å². The van der Waals surface area contributed by atoms with Gasteiger partial charge in [0.25, 0.3) is 0 Å². The summed E-state index contributed by atoms with van der Waals surface area (Å²) in [6.45, 7) is 0. The van der Waals surface area contributed by atoms with Crippen LogP contribution in [0.15, 0.2) is 174 Å². The molecule has 0 bridgehead atoms. The van der Waals surface area contributed by atoms with Crippen molar-refractivity contribution in [1.82, 2.24) is 13.7 Å². The Labute approximate surface area is 291 Å². The molecular formula is C46H27N3S. The summed E-state index contributed by atoms with van der Waals surface area (Å²) >= 11 is 1.89. The normalized spacial score (nSPS) is 12.7. The zero-order valence-electron chi connectivity index (χ0n) is 26.8. The van der Waals surface area contributed by atoms with Gasteiger partial charge in [-0.2, -0.15) is 0 Å². The first-order valence-electron chi connectivity index (χ1n) is 17.1. The Bertz CT molecular complexity index is 3140. The van der Waals surface area contributed by atoms with Crippen LogP contribution in [0.2, 0.25) is 0 Å². The van der Waals surface area contributed by atoms with Crippen molar-refractivity contribution in [2.45, 2.75) is 9.79 Å². The predicted octanol–water partition coefficient (Wildman–Crippen LogP) is 12.6. The molecule has 11 aromatic rings. The summed E-state index contributed by atoms with van der Waals surface area (Å²) in [6.07, 6.45) is 0. The number of aromatic nitrogens is 3. The minimum atomic E-state index is 1.17. The smallest absolute Gasteiger partial charge is 0.131 e. The van der Waals surface area contributed by atoms with Crippen molar-refractivity contribution >= 4 is 88.0 Å². The van der Waals surface area contributed by atoms with E-state index in [-0.39, 0.29) is 0 Å². The van der Waals surface area contributed by atoms with Gasteiger partial charge < -0.3 is 4.57 Å². The predicted molar refractivity (Wildman–Crippen MR) is 211 cm³/mol. The van der Waals surface area contributed by atoms with E-state index in [1.165, 1.54) is 103 Å². The lowest BCUT2D eigenvalue weighted by atomic mass is 10.0. The van der Waals surface area contributed by atoms with E-state index in [2.05, 4.69) is 177 Å². The SMILES string of the molecule is c1ccc(-n2c3ccccc3c3c4cccc5c4n(c32)-c2ccc(-n3c4c6ccccc6ccc4c4ccc6ccccc6c43)cc2S5)cc1. The minimum absolute atomic E-state index is 1.17. The van der Waals surface area contributed by atoms with Crippen molar-refractivity contribution in [3.63, 3.8) is 0 Å². The second-order valence-corrected chi connectivity index (χ2v) is 14.4. The van der Waals surface area contributed by atoms with Gasteiger partial charge in [0.1, 0.15) is 5.65 Å². The van der Waals surface area contributed by atoms with Crippen LogP contribution >= 0.6 is 11.8 Å². The maximum absolute atomic E-state index is 2.53. The summed E-state index contributed by atoms with van der Waals surface area (Å²) in [5, 5.41) is 11.5. The highest BCUT2D eigenvalue weighted by Crippen LogP contribution is 2.50. The second kappa shape index (κ2) is 9.69. The highest BCUT2D eigenvalue weighted by molar-refractivity contribution is 7.99. The molecule has 4 heteroatoms. The number of para-hydroxylation sites is 3. The van der Waals surface area contributed by atoms with Gasteiger partial charge in [-0.25, -0.2) is 0 Å². The van der Waals surface area contributed by atoms with Crippen molar-refractivity contribution in [2.75, 3.05) is 0 Å². The van der Waals surface area contributed by atoms with Crippen molar-refractivity contribution in [3.05, 3.63) is 164 Å². The first-order valence-corrected chi connectivity index (χ1v) is 17.9. The van der Waals surface area contributed by atoms with Gasteiger partial charge in [-0.15, -0.1) is 0 Å². The Kier molecular flexibility index (Phi) is 5.17. The second-order valence-electron chi connectivity index (χ2n) is 13.3. The zero-order chi connectivity index (χ0) is 32.5. The Morgan fingerprint density at radius 3 is 1.74 bits per heavy atom. The van der Waals surface area contributed by atoms with E-state index in [0.29, 0.717) is 0 Å². The van der Waals surface area contributed by atoms with Gasteiger partial charge in [-0.3, -0.25) is 9.13 Å². The zero-order valence-corrected chi connectivity index (χ0v) is 27.7. The third-order valence-electron chi connectivity index (χ3n) is 10.8. The van der Waals surface area contributed by atoms with E-state index in [1.54, 1.807) is 0 Å². The third kappa shape index (κ3) is 3.36. The fourth-order valence-electron chi connectivity index (χ4n) is 8.74. The van der Waals surface area contributed by atoms with Gasteiger partial charge in [0, 0.05) is 58.9 Å². The summed E-state index contributed by atoms with van der Waals surface area (Å²) in [5.74, 6) is 0. The fraction of sp³-hybridized carbons (Fsp3) is 0. The largest absolute Gasteiger partial charge is 0.308 e. The standard InChI is InChI=1S/C46H27N3S/c1-2-13-30(14-3-1)47-38-19-9-8-17-36(38)42-37-18-10-20-40-45(37)49(46(42)47)39-26-23-31(27-41(39)50-40)48-43-32-15-6-4-11-28(32)21-24-34(43)35-25-22-29-12-5-7-16-33(29)44(35)48/h1-27H. The van der Waals surface area contributed by atoms with Crippen molar-refractivity contribution in [1.29, 1.82) is 0 Å². The third-order valence-corrected chi connectivity index (χ3v) is 11.9. The van der Waals surface area contributed by atoms with Crippen LogP contribution in [0, 0.1) is 0 Å².